The Labute approximate surface area is 93.1 Å². The van der Waals surface area contributed by atoms with Crippen LogP contribution < -0.4 is 5.32 Å². The zero-order valence-electron chi connectivity index (χ0n) is 8.91. The number of aromatic nitrogens is 2. The molecule has 1 fully saturated rings. The highest BCUT2D eigenvalue weighted by Crippen LogP contribution is 2.30. The number of halogens is 1. The van der Waals surface area contributed by atoms with E-state index in [1.54, 1.807) is 6.20 Å². The summed E-state index contributed by atoms with van der Waals surface area (Å²) in [4.78, 5) is 7.50. The normalized spacial score (nSPS) is 26.1. The van der Waals surface area contributed by atoms with Crippen LogP contribution in [0.25, 0.3) is 10.9 Å². The lowest BCUT2D eigenvalue weighted by atomic mass is 9.91. The molecular formula is C12H14FN3. The monoisotopic (exact) mass is 219 g/mol. The lowest BCUT2D eigenvalue weighted by Crippen LogP contribution is -2.37. The maximum absolute atomic E-state index is 13.9. The van der Waals surface area contributed by atoms with Gasteiger partial charge in [0.2, 0.25) is 0 Å². The molecule has 1 aliphatic heterocycles. The number of rotatable bonds is 1. The zero-order chi connectivity index (χ0) is 11.0. The number of alkyl halides is 1. The Hall–Kier alpha value is -1.42. The molecule has 1 saturated heterocycles. The number of hydrogen-bond donors (Lipinski definition) is 2. The van der Waals surface area contributed by atoms with Gasteiger partial charge in [-0.15, -0.1) is 0 Å². The van der Waals surface area contributed by atoms with Crippen LogP contribution >= 0.6 is 0 Å². The first-order valence-electron chi connectivity index (χ1n) is 5.63. The van der Waals surface area contributed by atoms with Crippen molar-refractivity contribution in [2.45, 2.75) is 18.5 Å². The Balaban J connectivity index is 2.07. The number of fused-ring (bicyclic) bond motifs is 1. The molecular weight excluding hydrogens is 205 g/mol. The second kappa shape index (κ2) is 3.87. The van der Waals surface area contributed by atoms with Crippen LogP contribution in [0.15, 0.2) is 24.5 Å². The second-order valence-corrected chi connectivity index (χ2v) is 4.25. The van der Waals surface area contributed by atoms with Gasteiger partial charge in [-0.05, 0) is 25.1 Å². The summed E-state index contributed by atoms with van der Waals surface area (Å²) in [7, 11) is 0. The predicted molar refractivity (Wildman–Crippen MR) is 61.2 cm³/mol. The molecule has 2 aromatic rings. The lowest BCUT2D eigenvalue weighted by Gasteiger charge is -2.26. The van der Waals surface area contributed by atoms with E-state index in [0.29, 0.717) is 6.54 Å². The summed E-state index contributed by atoms with van der Waals surface area (Å²) < 4.78 is 13.9. The first-order valence-corrected chi connectivity index (χ1v) is 5.63. The molecule has 0 amide bonds. The highest BCUT2D eigenvalue weighted by atomic mass is 19.1. The van der Waals surface area contributed by atoms with Crippen molar-refractivity contribution in [3.05, 3.63) is 30.2 Å². The Morgan fingerprint density at radius 2 is 2.31 bits per heavy atom. The predicted octanol–water partition coefficient (Wildman–Crippen LogP) is 1.98. The molecule has 0 spiro atoms. The molecule has 16 heavy (non-hydrogen) atoms. The van der Waals surface area contributed by atoms with E-state index in [2.05, 4.69) is 15.3 Å². The van der Waals surface area contributed by atoms with Crippen molar-refractivity contribution in [1.29, 1.82) is 0 Å². The molecule has 0 radical (unpaired) electrons. The van der Waals surface area contributed by atoms with Crippen LogP contribution in [0.2, 0.25) is 0 Å². The molecule has 0 aliphatic carbocycles. The summed E-state index contributed by atoms with van der Waals surface area (Å²) in [6.45, 7) is 1.31. The van der Waals surface area contributed by atoms with Crippen molar-refractivity contribution < 1.29 is 4.39 Å². The first-order chi connectivity index (χ1) is 7.86. The van der Waals surface area contributed by atoms with E-state index in [9.17, 15) is 4.39 Å². The quantitative estimate of drug-likeness (QED) is 0.770. The van der Waals surface area contributed by atoms with Gasteiger partial charge in [0.25, 0.3) is 0 Å². The average Bonchev–Trinajstić information content (AvgIpc) is 2.77. The molecule has 0 saturated carbocycles. The van der Waals surface area contributed by atoms with E-state index in [4.69, 9.17) is 0 Å². The molecule has 84 valence electrons. The summed E-state index contributed by atoms with van der Waals surface area (Å²) in [5, 5.41) is 4.12. The summed E-state index contributed by atoms with van der Waals surface area (Å²) in [6, 6.07) is 3.90. The molecule has 2 unspecified atom stereocenters. The summed E-state index contributed by atoms with van der Waals surface area (Å²) in [6.07, 6.45) is 3.62. The summed E-state index contributed by atoms with van der Waals surface area (Å²) in [5.41, 5.74) is 1.93. The number of piperidine rings is 1. The van der Waals surface area contributed by atoms with Crippen molar-refractivity contribution in [3.8, 4) is 0 Å². The fourth-order valence-electron chi connectivity index (χ4n) is 2.43. The largest absolute Gasteiger partial charge is 0.361 e. The zero-order valence-corrected chi connectivity index (χ0v) is 8.91. The highest BCUT2D eigenvalue weighted by Gasteiger charge is 2.28. The maximum Gasteiger partial charge on any atom is 0.121 e. The molecule has 2 aromatic heterocycles. The minimum Gasteiger partial charge on any atom is -0.361 e. The maximum atomic E-state index is 13.9. The molecule has 2 N–H and O–H groups in total. The van der Waals surface area contributed by atoms with Crippen LogP contribution in [0.5, 0.6) is 0 Å². The van der Waals surface area contributed by atoms with Crippen molar-refractivity contribution in [1.82, 2.24) is 15.3 Å². The van der Waals surface area contributed by atoms with E-state index in [-0.39, 0.29) is 5.92 Å². The lowest BCUT2D eigenvalue weighted by molar-refractivity contribution is 0.229. The van der Waals surface area contributed by atoms with Crippen molar-refractivity contribution in [2.75, 3.05) is 13.1 Å². The van der Waals surface area contributed by atoms with Gasteiger partial charge >= 0.3 is 0 Å². The fraction of sp³-hybridized carbons (Fsp3) is 0.417. The van der Waals surface area contributed by atoms with Crippen molar-refractivity contribution >= 4 is 10.9 Å². The third-order valence-electron chi connectivity index (χ3n) is 3.27. The van der Waals surface area contributed by atoms with Gasteiger partial charge in [-0.1, -0.05) is 0 Å². The molecule has 3 heterocycles. The molecule has 3 nitrogen and oxygen atoms in total. The Morgan fingerprint density at radius 1 is 1.38 bits per heavy atom. The number of pyridine rings is 1. The Kier molecular flexibility index (Phi) is 2.36. The van der Waals surface area contributed by atoms with Crippen LogP contribution in [-0.2, 0) is 0 Å². The van der Waals surface area contributed by atoms with Crippen LogP contribution in [0.4, 0.5) is 4.39 Å². The topological polar surface area (TPSA) is 40.7 Å². The van der Waals surface area contributed by atoms with Gasteiger partial charge in [0.15, 0.2) is 0 Å². The van der Waals surface area contributed by atoms with Gasteiger partial charge in [0.05, 0.1) is 5.69 Å². The van der Waals surface area contributed by atoms with Crippen LogP contribution in [0, 0.1) is 0 Å². The van der Waals surface area contributed by atoms with Crippen molar-refractivity contribution in [3.63, 3.8) is 0 Å². The third-order valence-corrected chi connectivity index (χ3v) is 3.27. The van der Waals surface area contributed by atoms with Crippen LogP contribution in [-0.4, -0.2) is 29.2 Å². The minimum atomic E-state index is -0.832. The average molecular weight is 219 g/mol. The van der Waals surface area contributed by atoms with E-state index < -0.39 is 6.17 Å². The molecule has 3 rings (SSSR count). The highest BCUT2D eigenvalue weighted by molar-refractivity contribution is 5.81. The molecule has 1 aliphatic rings. The van der Waals surface area contributed by atoms with Gasteiger partial charge < -0.3 is 10.3 Å². The van der Waals surface area contributed by atoms with Gasteiger partial charge in [-0.3, -0.25) is 4.98 Å². The summed E-state index contributed by atoms with van der Waals surface area (Å²) in [5.74, 6) is -0.0688. The Bertz CT molecular complexity index is 494. The number of nitrogens with zero attached hydrogens (tertiary/aromatic N) is 1. The van der Waals surface area contributed by atoms with Crippen molar-refractivity contribution in [2.24, 2.45) is 0 Å². The minimum absolute atomic E-state index is 0.0688. The van der Waals surface area contributed by atoms with Gasteiger partial charge in [-0.25, -0.2) is 4.39 Å². The standard InChI is InChI=1S/C12H14FN3/c13-10-7-14-4-1-8(10)12-9-2-5-15-11(9)3-6-16-12/h2-3,5-6,8,10,14-15H,1,4,7H2. The van der Waals surface area contributed by atoms with Crippen LogP contribution in [0.1, 0.15) is 18.0 Å². The van der Waals surface area contributed by atoms with Crippen LogP contribution in [0.3, 0.4) is 0 Å². The van der Waals surface area contributed by atoms with E-state index in [1.165, 1.54) is 0 Å². The number of hydrogen-bond acceptors (Lipinski definition) is 2. The van der Waals surface area contributed by atoms with E-state index in [0.717, 1.165) is 29.6 Å². The molecule has 0 aromatic carbocycles. The molecule has 4 heteroatoms. The van der Waals surface area contributed by atoms with Gasteiger partial charge in [-0.2, -0.15) is 0 Å². The number of aromatic amines is 1. The number of nitrogens with one attached hydrogen (secondary N) is 2. The SMILES string of the molecule is FC1CNCCC1c1nccc2[nH]ccc12. The summed E-state index contributed by atoms with van der Waals surface area (Å²) >= 11 is 0. The molecule has 0 bridgehead atoms. The van der Waals surface area contributed by atoms with Gasteiger partial charge in [0, 0.05) is 35.8 Å². The van der Waals surface area contributed by atoms with E-state index in [1.807, 2.05) is 18.3 Å². The number of H-pyrrole nitrogens is 1. The third kappa shape index (κ3) is 1.50. The fourth-order valence-corrected chi connectivity index (χ4v) is 2.43. The van der Waals surface area contributed by atoms with E-state index >= 15 is 0 Å². The smallest absolute Gasteiger partial charge is 0.121 e. The molecule has 2 atom stereocenters. The second-order valence-electron chi connectivity index (χ2n) is 4.25. The Morgan fingerprint density at radius 3 is 3.19 bits per heavy atom. The first kappa shape index (κ1) is 9.78. The van der Waals surface area contributed by atoms with Gasteiger partial charge in [0.1, 0.15) is 6.17 Å².